The molecule has 0 bridgehead atoms. The fourth-order valence-corrected chi connectivity index (χ4v) is 3.15. The summed E-state index contributed by atoms with van der Waals surface area (Å²) in [7, 11) is 2.01. The highest BCUT2D eigenvalue weighted by molar-refractivity contribution is 5.88. The second-order valence-electron chi connectivity index (χ2n) is 5.38. The summed E-state index contributed by atoms with van der Waals surface area (Å²) in [4.78, 5) is 3.35. The van der Waals surface area contributed by atoms with Crippen molar-refractivity contribution in [3.8, 4) is 0 Å². The number of likely N-dealkylation sites (N-methyl/N-ethyl adjacent to an activating group) is 1. The first-order chi connectivity index (χ1) is 9.24. The van der Waals surface area contributed by atoms with Gasteiger partial charge in [0.15, 0.2) is 0 Å². The predicted molar refractivity (Wildman–Crippen MR) is 78.4 cm³/mol. The summed E-state index contributed by atoms with van der Waals surface area (Å²) in [5, 5.41) is 14.1. The fraction of sp³-hybridized carbons (Fsp3) is 0.375. The normalized spacial score (nSPS) is 23.0. The maximum absolute atomic E-state index is 9.28. The maximum atomic E-state index is 9.28. The van der Waals surface area contributed by atoms with E-state index in [1.807, 2.05) is 14.0 Å². The van der Waals surface area contributed by atoms with E-state index in [0.717, 1.165) is 12.0 Å². The highest BCUT2D eigenvalue weighted by Gasteiger charge is 2.28. The van der Waals surface area contributed by atoms with Crippen molar-refractivity contribution in [1.82, 2.24) is 10.3 Å². The average molecular weight is 256 g/mol. The van der Waals surface area contributed by atoms with Crippen LogP contribution in [-0.4, -0.2) is 29.8 Å². The molecule has 0 saturated heterocycles. The van der Waals surface area contributed by atoms with Crippen LogP contribution in [0.15, 0.2) is 36.0 Å². The van der Waals surface area contributed by atoms with Gasteiger partial charge in [0.25, 0.3) is 0 Å². The van der Waals surface area contributed by atoms with Crippen molar-refractivity contribution in [2.75, 3.05) is 13.7 Å². The lowest BCUT2D eigenvalue weighted by Gasteiger charge is -2.30. The smallest absolute Gasteiger partial charge is 0.0639 e. The van der Waals surface area contributed by atoms with Crippen molar-refractivity contribution in [1.29, 1.82) is 0 Å². The minimum Gasteiger partial charge on any atom is -0.392 e. The Bertz CT molecular complexity index is 627. The molecule has 3 heteroatoms. The van der Waals surface area contributed by atoms with E-state index < -0.39 is 0 Å². The van der Waals surface area contributed by atoms with Crippen LogP contribution in [0.3, 0.4) is 0 Å². The number of benzene rings is 1. The molecular weight excluding hydrogens is 236 g/mol. The summed E-state index contributed by atoms with van der Waals surface area (Å²) in [6, 6.07) is 6.82. The number of hydrogen-bond acceptors (Lipinski definition) is 2. The van der Waals surface area contributed by atoms with Gasteiger partial charge in [0.05, 0.1) is 6.61 Å². The van der Waals surface area contributed by atoms with Gasteiger partial charge in [0.1, 0.15) is 0 Å². The molecule has 0 radical (unpaired) electrons. The molecular formula is C16H20N2O. The average Bonchev–Trinajstić information content (AvgIpc) is 2.86. The molecule has 100 valence electrons. The summed E-state index contributed by atoms with van der Waals surface area (Å²) in [6.07, 6.45) is 5.34. The zero-order chi connectivity index (χ0) is 13.4. The first kappa shape index (κ1) is 12.5. The SMILES string of the molecule is CN[C@H]1Cc2c[nH]c3cccc(c23)[C@@H]1/C=C(/C)CO. The van der Waals surface area contributed by atoms with Gasteiger partial charge in [-0.05, 0) is 37.6 Å². The Balaban J connectivity index is 2.17. The zero-order valence-electron chi connectivity index (χ0n) is 11.4. The summed E-state index contributed by atoms with van der Waals surface area (Å²) in [5.74, 6) is 0.323. The van der Waals surface area contributed by atoms with Crippen molar-refractivity contribution < 1.29 is 5.11 Å². The molecule has 0 unspecified atom stereocenters. The number of aromatic amines is 1. The second kappa shape index (κ2) is 4.83. The molecule has 2 aromatic rings. The highest BCUT2D eigenvalue weighted by Crippen LogP contribution is 2.37. The van der Waals surface area contributed by atoms with Crippen LogP contribution >= 0.6 is 0 Å². The van der Waals surface area contributed by atoms with Crippen LogP contribution in [0, 0.1) is 0 Å². The molecule has 1 heterocycles. The zero-order valence-corrected chi connectivity index (χ0v) is 11.4. The van der Waals surface area contributed by atoms with Gasteiger partial charge in [-0.25, -0.2) is 0 Å². The lowest BCUT2D eigenvalue weighted by Crippen LogP contribution is -2.35. The van der Waals surface area contributed by atoms with Crippen LogP contribution in [0.4, 0.5) is 0 Å². The molecule has 3 N–H and O–H groups in total. The highest BCUT2D eigenvalue weighted by atomic mass is 16.3. The Morgan fingerprint density at radius 2 is 2.37 bits per heavy atom. The third-order valence-electron chi connectivity index (χ3n) is 4.14. The number of H-pyrrole nitrogens is 1. The number of nitrogens with one attached hydrogen (secondary N) is 2. The number of aliphatic hydroxyl groups excluding tert-OH is 1. The molecule has 0 fully saturated rings. The molecule has 0 saturated carbocycles. The largest absolute Gasteiger partial charge is 0.392 e. The number of aromatic nitrogens is 1. The van der Waals surface area contributed by atoms with Crippen molar-refractivity contribution in [2.45, 2.75) is 25.3 Å². The fourth-order valence-electron chi connectivity index (χ4n) is 3.15. The summed E-state index contributed by atoms with van der Waals surface area (Å²) in [6.45, 7) is 2.11. The third-order valence-corrected chi connectivity index (χ3v) is 4.14. The molecule has 1 aliphatic carbocycles. The molecule has 1 aliphatic rings. The summed E-state index contributed by atoms with van der Waals surface area (Å²) >= 11 is 0. The minimum absolute atomic E-state index is 0.128. The molecule has 2 atom stereocenters. The maximum Gasteiger partial charge on any atom is 0.0639 e. The molecule has 0 amide bonds. The van der Waals surface area contributed by atoms with Gasteiger partial charge >= 0.3 is 0 Å². The third kappa shape index (κ3) is 1.99. The molecule has 0 spiro atoms. The van der Waals surface area contributed by atoms with Crippen molar-refractivity contribution >= 4 is 10.9 Å². The van der Waals surface area contributed by atoms with Crippen molar-refractivity contribution in [3.63, 3.8) is 0 Å². The predicted octanol–water partition coefficient (Wildman–Crippen LogP) is 2.33. The van der Waals surface area contributed by atoms with Crippen LogP contribution in [0.2, 0.25) is 0 Å². The molecule has 3 rings (SSSR count). The summed E-state index contributed by atoms with van der Waals surface area (Å²) in [5.41, 5.74) is 4.98. The Morgan fingerprint density at radius 1 is 1.53 bits per heavy atom. The first-order valence-electron chi connectivity index (χ1n) is 6.79. The van der Waals surface area contributed by atoms with E-state index >= 15 is 0 Å². The number of rotatable bonds is 3. The van der Waals surface area contributed by atoms with E-state index in [0.29, 0.717) is 12.0 Å². The quantitative estimate of drug-likeness (QED) is 0.738. The standard InChI is InChI=1S/C16H20N2O/c1-10(9-19)6-13-12-4-3-5-14-16(12)11(8-18-14)7-15(13)17-2/h3-6,8,13,15,17-19H,7,9H2,1-2H3/b10-6-/t13-,15-/m0/s1. The topological polar surface area (TPSA) is 48.0 Å². The van der Waals surface area contributed by atoms with E-state index in [1.54, 1.807) is 0 Å². The van der Waals surface area contributed by atoms with Crippen LogP contribution in [0.25, 0.3) is 10.9 Å². The van der Waals surface area contributed by atoms with Gasteiger partial charge in [-0.1, -0.05) is 23.8 Å². The van der Waals surface area contributed by atoms with Gasteiger partial charge in [-0.15, -0.1) is 0 Å². The van der Waals surface area contributed by atoms with E-state index in [4.69, 9.17) is 0 Å². The number of aliphatic hydroxyl groups is 1. The molecule has 0 aliphatic heterocycles. The monoisotopic (exact) mass is 256 g/mol. The lowest BCUT2D eigenvalue weighted by atomic mass is 9.79. The summed E-state index contributed by atoms with van der Waals surface area (Å²) < 4.78 is 0. The molecule has 3 nitrogen and oxygen atoms in total. The van der Waals surface area contributed by atoms with Gasteiger partial charge in [-0.2, -0.15) is 0 Å². The van der Waals surface area contributed by atoms with Gasteiger partial charge in [0.2, 0.25) is 0 Å². The van der Waals surface area contributed by atoms with Gasteiger partial charge in [0, 0.05) is 29.1 Å². The van der Waals surface area contributed by atoms with E-state index in [2.05, 4.69) is 40.8 Å². The van der Waals surface area contributed by atoms with Crippen LogP contribution < -0.4 is 5.32 Å². The van der Waals surface area contributed by atoms with E-state index in [-0.39, 0.29) is 6.61 Å². The van der Waals surface area contributed by atoms with Crippen molar-refractivity contribution in [2.24, 2.45) is 0 Å². The molecule has 1 aromatic carbocycles. The second-order valence-corrected chi connectivity index (χ2v) is 5.38. The van der Waals surface area contributed by atoms with E-state index in [1.165, 1.54) is 22.0 Å². The Labute approximate surface area is 113 Å². The van der Waals surface area contributed by atoms with Crippen molar-refractivity contribution in [3.05, 3.63) is 47.2 Å². The Hall–Kier alpha value is -1.58. The lowest BCUT2D eigenvalue weighted by molar-refractivity contribution is 0.330. The molecule has 19 heavy (non-hydrogen) atoms. The van der Waals surface area contributed by atoms with Gasteiger partial charge < -0.3 is 15.4 Å². The Morgan fingerprint density at radius 3 is 3.11 bits per heavy atom. The minimum atomic E-state index is 0.128. The van der Waals surface area contributed by atoms with E-state index in [9.17, 15) is 5.11 Å². The first-order valence-corrected chi connectivity index (χ1v) is 6.79. The van der Waals surface area contributed by atoms with Crippen LogP contribution in [0.5, 0.6) is 0 Å². The number of hydrogen-bond donors (Lipinski definition) is 3. The van der Waals surface area contributed by atoms with Crippen LogP contribution in [0.1, 0.15) is 24.0 Å². The molecule has 1 aromatic heterocycles. The Kier molecular flexibility index (Phi) is 3.17. The van der Waals surface area contributed by atoms with Crippen LogP contribution in [-0.2, 0) is 6.42 Å². The van der Waals surface area contributed by atoms with Gasteiger partial charge in [-0.3, -0.25) is 0 Å².